The number of carboxylic acid groups (broad SMARTS) is 1. The summed E-state index contributed by atoms with van der Waals surface area (Å²) >= 11 is 0. The third kappa shape index (κ3) is 3.17. The number of methoxy groups -OCH3 is 1. The van der Waals surface area contributed by atoms with E-state index in [1.807, 2.05) is 24.3 Å². The van der Waals surface area contributed by atoms with Crippen LogP contribution in [0.4, 0.5) is 5.69 Å². The number of anilines is 1. The van der Waals surface area contributed by atoms with Crippen LogP contribution in [0, 0.1) is 0 Å². The topological polar surface area (TPSA) is 84.3 Å². The van der Waals surface area contributed by atoms with E-state index >= 15 is 0 Å². The normalized spacial score (nSPS) is 12.3. The molecule has 2 aromatic rings. The highest BCUT2D eigenvalue weighted by Crippen LogP contribution is 2.21. The summed E-state index contributed by atoms with van der Waals surface area (Å²) in [5.41, 5.74) is 1.39. The zero-order valence-electron chi connectivity index (χ0n) is 10.5. The molecule has 0 saturated heterocycles. The van der Waals surface area contributed by atoms with Crippen molar-refractivity contribution >= 4 is 22.6 Å². The minimum absolute atomic E-state index is 0.375. The molecule has 1 aromatic heterocycles. The van der Waals surface area contributed by atoms with Gasteiger partial charge >= 0.3 is 5.97 Å². The Kier molecular flexibility index (Phi) is 4.25. The lowest BCUT2D eigenvalue weighted by molar-refractivity contribution is -0.138. The number of carbonyl (C=O) groups is 1. The molecule has 6 heteroatoms. The van der Waals surface area contributed by atoms with Gasteiger partial charge in [-0.2, -0.15) is 10.2 Å². The molecule has 0 amide bonds. The number of fused-ring (bicyclic) bond motifs is 1. The highest BCUT2D eigenvalue weighted by Gasteiger charge is 2.17. The Labute approximate surface area is 110 Å². The van der Waals surface area contributed by atoms with Gasteiger partial charge in [-0.1, -0.05) is 18.2 Å². The molecular weight excluding hydrogens is 246 g/mol. The lowest BCUT2D eigenvalue weighted by atomic mass is 10.1. The molecule has 1 heterocycles. The molecule has 0 radical (unpaired) electrons. The van der Waals surface area contributed by atoms with Crippen molar-refractivity contribution < 1.29 is 14.6 Å². The van der Waals surface area contributed by atoms with Crippen molar-refractivity contribution in [1.29, 1.82) is 0 Å². The summed E-state index contributed by atoms with van der Waals surface area (Å²) in [7, 11) is 1.54. The monoisotopic (exact) mass is 261 g/mol. The molecule has 0 aliphatic rings. The summed E-state index contributed by atoms with van der Waals surface area (Å²) in [5.74, 6) is -0.919. The molecular formula is C13H15N3O3. The van der Waals surface area contributed by atoms with E-state index in [2.05, 4.69) is 15.5 Å². The molecule has 1 atom stereocenters. The zero-order chi connectivity index (χ0) is 13.7. The number of aliphatic carboxylic acids is 1. The van der Waals surface area contributed by atoms with Crippen LogP contribution in [0.25, 0.3) is 10.9 Å². The summed E-state index contributed by atoms with van der Waals surface area (Å²) in [6.07, 6.45) is 1.91. The van der Waals surface area contributed by atoms with Crippen LogP contribution in [0.15, 0.2) is 30.5 Å². The Hall–Kier alpha value is -2.21. The first-order chi connectivity index (χ1) is 9.22. The van der Waals surface area contributed by atoms with E-state index in [1.54, 1.807) is 7.11 Å². The average molecular weight is 261 g/mol. The highest BCUT2D eigenvalue weighted by molar-refractivity contribution is 5.92. The van der Waals surface area contributed by atoms with Crippen LogP contribution in [0.3, 0.4) is 0 Å². The first-order valence-electron chi connectivity index (χ1n) is 5.91. The van der Waals surface area contributed by atoms with Crippen molar-refractivity contribution in [2.24, 2.45) is 0 Å². The van der Waals surface area contributed by atoms with Gasteiger partial charge in [0.15, 0.2) is 0 Å². The van der Waals surface area contributed by atoms with Gasteiger partial charge in [-0.3, -0.25) is 0 Å². The maximum Gasteiger partial charge on any atom is 0.326 e. The number of ether oxygens (including phenoxy) is 1. The fourth-order valence-corrected chi connectivity index (χ4v) is 1.80. The van der Waals surface area contributed by atoms with Crippen molar-refractivity contribution in [3.8, 4) is 0 Å². The second-order valence-corrected chi connectivity index (χ2v) is 4.09. The standard InChI is InChI=1S/C13H15N3O3/c1-19-7-6-11(13(17)18)15-12-8-14-16-10-5-3-2-4-9(10)12/h2-5,8,11H,6-7H2,1H3,(H,15,16)(H,17,18). The molecule has 0 aliphatic heterocycles. The van der Waals surface area contributed by atoms with Crippen LogP contribution in [-0.4, -0.2) is 41.0 Å². The summed E-state index contributed by atoms with van der Waals surface area (Å²) in [6.45, 7) is 0.375. The van der Waals surface area contributed by atoms with Gasteiger partial charge < -0.3 is 15.2 Å². The predicted octanol–water partition coefficient (Wildman–Crippen LogP) is 1.53. The van der Waals surface area contributed by atoms with Crippen LogP contribution in [0.5, 0.6) is 0 Å². The molecule has 1 unspecified atom stereocenters. The number of hydrogen-bond acceptors (Lipinski definition) is 5. The molecule has 0 spiro atoms. The number of benzene rings is 1. The van der Waals surface area contributed by atoms with Crippen LogP contribution in [0.1, 0.15) is 6.42 Å². The molecule has 2 N–H and O–H groups in total. The van der Waals surface area contributed by atoms with Crippen LogP contribution in [0.2, 0.25) is 0 Å². The zero-order valence-corrected chi connectivity index (χ0v) is 10.5. The van der Waals surface area contributed by atoms with Crippen molar-refractivity contribution in [3.63, 3.8) is 0 Å². The molecule has 0 fully saturated rings. The number of hydrogen-bond donors (Lipinski definition) is 2. The van der Waals surface area contributed by atoms with Gasteiger partial charge in [0, 0.05) is 25.5 Å². The fraction of sp³-hybridized carbons (Fsp3) is 0.308. The molecule has 2 rings (SSSR count). The summed E-state index contributed by atoms with van der Waals surface area (Å²) in [5, 5.41) is 20.9. The van der Waals surface area contributed by atoms with Crippen molar-refractivity contribution in [2.75, 3.05) is 19.0 Å². The second kappa shape index (κ2) is 6.10. The smallest absolute Gasteiger partial charge is 0.326 e. The predicted molar refractivity (Wildman–Crippen MR) is 71.1 cm³/mol. The number of nitrogens with zero attached hydrogens (tertiary/aromatic N) is 2. The Balaban J connectivity index is 2.26. The van der Waals surface area contributed by atoms with Gasteiger partial charge in [0.2, 0.25) is 0 Å². The lowest BCUT2D eigenvalue weighted by Crippen LogP contribution is -2.30. The molecule has 6 nitrogen and oxygen atoms in total. The number of nitrogens with one attached hydrogen (secondary N) is 1. The minimum atomic E-state index is -0.919. The number of carboxylic acids is 1. The molecule has 19 heavy (non-hydrogen) atoms. The van der Waals surface area contributed by atoms with E-state index in [-0.39, 0.29) is 0 Å². The third-order valence-corrected chi connectivity index (χ3v) is 2.79. The summed E-state index contributed by atoms with van der Waals surface area (Å²) in [4.78, 5) is 11.2. The maximum atomic E-state index is 11.2. The second-order valence-electron chi connectivity index (χ2n) is 4.09. The van der Waals surface area contributed by atoms with Crippen LogP contribution in [-0.2, 0) is 9.53 Å². The first kappa shape index (κ1) is 13.2. The largest absolute Gasteiger partial charge is 0.480 e. The minimum Gasteiger partial charge on any atom is -0.480 e. The average Bonchev–Trinajstić information content (AvgIpc) is 2.43. The Morgan fingerprint density at radius 1 is 1.47 bits per heavy atom. The lowest BCUT2D eigenvalue weighted by Gasteiger charge is -2.16. The maximum absolute atomic E-state index is 11.2. The number of aromatic nitrogens is 2. The molecule has 1 aromatic carbocycles. The van der Waals surface area contributed by atoms with E-state index < -0.39 is 12.0 Å². The van der Waals surface area contributed by atoms with Crippen molar-refractivity contribution in [2.45, 2.75) is 12.5 Å². The van der Waals surface area contributed by atoms with Crippen LogP contribution < -0.4 is 5.32 Å². The van der Waals surface area contributed by atoms with Gasteiger partial charge in [0.25, 0.3) is 0 Å². The molecule has 0 bridgehead atoms. The molecule has 100 valence electrons. The van der Waals surface area contributed by atoms with Crippen molar-refractivity contribution in [1.82, 2.24) is 10.2 Å². The van der Waals surface area contributed by atoms with E-state index in [0.29, 0.717) is 18.7 Å². The Morgan fingerprint density at radius 2 is 2.26 bits per heavy atom. The molecule has 0 aliphatic carbocycles. The van der Waals surface area contributed by atoms with E-state index in [0.717, 1.165) is 10.9 Å². The quantitative estimate of drug-likeness (QED) is 0.820. The van der Waals surface area contributed by atoms with Gasteiger partial charge in [-0.05, 0) is 6.07 Å². The van der Waals surface area contributed by atoms with Gasteiger partial charge in [-0.15, -0.1) is 0 Å². The van der Waals surface area contributed by atoms with E-state index in [4.69, 9.17) is 4.74 Å². The third-order valence-electron chi connectivity index (χ3n) is 2.79. The summed E-state index contributed by atoms with van der Waals surface area (Å²) in [6, 6.07) is 6.73. The van der Waals surface area contributed by atoms with E-state index in [1.165, 1.54) is 6.20 Å². The fourth-order valence-electron chi connectivity index (χ4n) is 1.80. The Morgan fingerprint density at radius 3 is 3.00 bits per heavy atom. The highest BCUT2D eigenvalue weighted by atomic mass is 16.5. The Bertz CT molecular complexity index is 569. The summed E-state index contributed by atoms with van der Waals surface area (Å²) < 4.78 is 4.92. The van der Waals surface area contributed by atoms with Crippen LogP contribution >= 0.6 is 0 Å². The first-order valence-corrected chi connectivity index (χ1v) is 5.91. The van der Waals surface area contributed by atoms with Crippen molar-refractivity contribution in [3.05, 3.63) is 30.5 Å². The SMILES string of the molecule is COCCC(Nc1cnnc2ccccc12)C(=O)O. The van der Waals surface area contributed by atoms with Gasteiger partial charge in [-0.25, -0.2) is 4.79 Å². The molecule has 0 saturated carbocycles. The number of rotatable bonds is 6. The van der Waals surface area contributed by atoms with E-state index in [9.17, 15) is 9.90 Å². The van der Waals surface area contributed by atoms with Gasteiger partial charge in [0.1, 0.15) is 6.04 Å². The van der Waals surface area contributed by atoms with Gasteiger partial charge in [0.05, 0.1) is 17.4 Å².